The molecule has 1 aliphatic rings. The van der Waals surface area contributed by atoms with Crippen LogP contribution in [-0.2, 0) is 22.7 Å². The summed E-state index contributed by atoms with van der Waals surface area (Å²) in [7, 11) is 1.60. The van der Waals surface area contributed by atoms with Crippen molar-refractivity contribution in [2.24, 2.45) is 5.92 Å². The lowest BCUT2D eigenvalue weighted by atomic mass is 10.1. The Kier molecular flexibility index (Phi) is 4.60. The van der Waals surface area contributed by atoms with E-state index in [0.29, 0.717) is 48.3 Å². The number of nitrogens with zero attached hydrogens (tertiary/aromatic N) is 4. The molecule has 0 saturated carbocycles. The minimum absolute atomic E-state index is 0.0268. The maximum atomic E-state index is 12.4. The van der Waals surface area contributed by atoms with Crippen LogP contribution < -0.4 is 0 Å². The van der Waals surface area contributed by atoms with Gasteiger partial charge in [0.2, 0.25) is 10.9 Å². The van der Waals surface area contributed by atoms with Gasteiger partial charge in [-0.25, -0.2) is 4.98 Å². The van der Waals surface area contributed by atoms with Crippen LogP contribution in [0.3, 0.4) is 0 Å². The van der Waals surface area contributed by atoms with Crippen molar-refractivity contribution in [3.63, 3.8) is 0 Å². The van der Waals surface area contributed by atoms with E-state index in [2.05, 4.69) is 10.1 Å². The second-order valence-electron chi connectivity index (χ2n) is 5.29. The van der Waals surface area contributed by atoms with Crippen molar-refractivity contribution in [3.8, 4) is 0 Å². The Morgan fingerprint density at radius 2 is 2.36 bits per heavy atom. The van der Waals surface area contributed by atoms with E-state index in [9.17, 15) is 9.18 Å². The zero-order chi connectivity index (χ0) is 15.7. The summed E-state index contributed by atoms with van der Waals surface area (Å²) in [4.78, 5) is 18.8. The van der Waals surface area contributed by atoms with Crippen molar-refractivity contribution in [1.29, 1.82) is 0 Å². The number of carbonyl (C=O) groups is 1. The molecule has 1 unspecified atom stereocenters. The van der Waals surface area contributed by atoms with Crippen LogP contribution in [-0.4, -0.2) is 45.7 Å². The highest BCUT2D eigenvalue weighted by Gasteiger charge is 2.30. The number of ether oxygens (including phenoxy) is 1. The first-order chi connectivity index (χ1) is 10.6. The molecule has 2 aromatic rings. The highest BCUT2D eigenvalue weighted by Crippen LogP contribution is 2.27. The molecule has 2 aromatic heterocycles. The zero-order valence-electron chi connectivity index (χ0n) is 12.1. The van der Waals surface area contributed by atoms with E-state index in [1.807, 2.05) is 0 Å². The Hall–Kier alpha value is -1.25. The molecular formula is C13H16ClFN4O2S. The summed E-state index contributed by atoms with van der Waals surface area (Å²) in [6.07, 6.45) is 0.830. The zero-order valence-corrected chi connectivity index (χ0v) is 13.7. The predicted molar refractivity (Wildman–Crippen MR) is 80.7 cm³/mol. The van der Waals surface area contributed by atoms with Crippen molar-refractivity contribution in [3.05, 3.63) is 15.9 Å². The van der Waals surface area contributed by atoms with Crippen molar-refractivity contribution < 1.29 is 13.9 Å². The molecule has 0 aliphatic carbocycles. The van der Waals surface area contributed by atoms with Crippen molar-refractivity contribution in [2.45, 2.75) is 26.0 Å². The van der Waals surface area contributed by atoms with Crippen LogP contribution in [0.4, 0.5) is 4.39 Å². The van der Waals surface area contributed by atoms with Gasteiger partial charge in [0.25, 0.3) is 0 Å². The van der Waals surface area contributed by atoms with Crippen LogP contribution in [0.1, 0.15) is 23.5 Å². The van der Waals surface area contributed by atoms with Gasteiger partial charge in [0.15, 0.2) is 5.15 Å². The highest BCUT2D eigenvalue weighted by molar-refractivity contribution is 7.16. The van der Waals surface area contributed by atoms with Crippen LogP contribution in [0.5, 0.6) is 0 Å². The molecule has 0 bridgehead atoms. The number of likely N-dealkylation sites (tertiary alicyclic amines) is 1. The Labute approximate surface area is 135 Å². The summed E-state index contributed by atoms with van der Waals surface area (Å²) in [5.74, 6) is 0.116. The number of amides is 1. The summed E-state index contributed by atoms with van der Waals surface area (Å²) in [6, 6.07) is 0. The van der Waals surface area contributed by atoms with Crippen molar-refractivity contribution in [1.82, 2.24) is 19.5 Å². The normalized spacial score (nSPS) is 18.8. The van der Waals surface area contributed by atoms with Gasteiger partial charge in [0, 0.05) is 20.1 Å². The number of imidazole rings is 1. The number of alkyl halides is 1. The first-order valence-electron chi connectivity index (χ1n) is 6.98. The fourth-order valence-corrected chi connectivity index (χ4v) is 3.78. The molecule has 120 valence electrons. The van der Waals surface area contributed by atoms with E-state index in [1.54, 1.807) is 16.5 Å². The van der Waals surface area contributed by atoms with Crippen molar-refractivity contribution in [2.75, 3.05) is 20.3 Å². The average molecular weight is 347 g/mol. The van der Waals surface area contributed by atoms with Gasteiger partial charge in [0.1, 0.15) is 10.7 Å². The lowest BCUT2D eigenvalue weighted by Gasteiger charge is -2.15. The molecule has 6 nitrogen and oxygen atoms in total. The summed E-state index contributed by atoms with van der Waals surface area (Å²) in [5.41, 5.74) is 0.624. The van der Waals surface area contributed by atoms with Gasteiger partial charge in [-0.2, -0.15) is 9.61 Å². The SMILES string of the molecule is COCc1nn2c(Cl)c(CN3CC(CCF)CC3=O)nc2s1. The summed E-state index contributed by atoms with van der Waals surface area (Å²) in [5, 5.41) is 5.53. The molecule has 1 atom stereocenters. The lowest BCUT2D eigenvalue weighted by Crippen LogP contribution is -2.25. The van der Waals surface area contributed by atoms with Crippen LogP contribution in [0.15, 0.2) is 0 Å². The summed E-state index contributed by atoms with van der Waals surface area (Å²) in [6.45, 7) is 0.927. The molecule has 0 radical (unpaired) electrons. The van der Waals surface area contributed by atoms with Crippen LogP contribution >= 0.6 is 22.9 Å². The topological polar surface area (TPSA) is 59.7 Å². The predicted octanol–water partition coefficient (Wildman–Crippen LogP) is 2.30. The molecule has 0 spiro atoms. The van der Waals surface area contributed by atoms with E-state index in [-0.39, 0.29) is 18.5 Å². The van der Waals surface area contributed by atoms with E-state index in [0.717, 1.165) is 5.01 Å². The van der Waals surface area contributed by atoms with Crippen LogP contribution in [0.2, 0.25) is 5.15 Å². The minimum Gasteiger partial charge on any atom is -0.377 e. The number of hydrogen-bond acceptors (Lipinski definition) is 5. The minimum atomic E-state index is -0.390. The molecule has 0 aromatic carbocycles. The van der Waals surface area contributed by atoms with Crippen molar-refractivity contribution >= 4 is 33.8 Å². The number of fused-ring (bicyclic) bond motifs is 1. The average Bonchev–Trinajstić information content (AvgIpc) is 3.09. The second kappa shape index (κ2) is 6.47. The number of rotatable bonds is 6. The number of carbonyl (C=O) groups excluding carboxylic acids is 1. The first kappa shape index (κ1) is 15.6. The van der Waals surface area contributed by atoms with Gasteiger partial charge >= 0.3 is 0 Å². The third-order valence-electron chi connectivity index (χ3n) is 3.68. The molecule has 0 N–H and O–H groups in total. The molecule has 9 heteroatoms. The number of hydrogen-bond donors (Lipinski definition) is 0. The molecule has 1 aliphatic heterocycles. The molecule has 3 heterocycles. The standard InChI is InChI=1S/C13H16ClFN4O2S/c1-21-7-10-17-19-12(14)9(16-13(19)22-10)6-18-5-8(2-3-15)4-11(18)20/h8H,2-7H2,1H3. The molecule has 1 amide bonds. The first-order valence-corrected chi connectivity index (χ1v) is 8.17. The molecule has 22 heavy (non-hydrogen) atoms. The van der Waals surface area contributed by atoms with Gasteiger partial charge in [-0.3, -0.25) is 9.18 Å². The second-order valence-corrected chi connectivity index (χ2v) is 6.69. The number of aromatic nitrogens is 3. The van der Waals surface area contributed by atoms with Gasteiger partial charge < -0.3 is 9.64 Å². The molecular weight excluding hydrogens is 331 g/mol. The lowest BCUT2D eigenvalue weighted by molar-refractivity contribution is -0.128. The fraction of sp³-hybridized carbons (Fsp3) is 0.615. The summed E-state index contributed by atoms with van der Waals surface area (Å²) < 4.78 is 19.0. The Morgan fingerprint density at radius 3 is 3.05 bits per heavy atom. The quantitative estimate of drug-likeness (QED) is 0.805. The smallest absolute Gasteiger partial charge is 0.223 e. The maximum absolute atomic E-state index is 12.4. The molecule has 1 saturated heterocycles. The van der Waals surface area contributed by atoms with Gasteiger partial charge in [0.05, 0.1) is 19.8 Å². The van der Waals surface area contributed by atoms with Gasteiger partial charge in [-0.15, -0.1) is 0 Å². The van der Waals surface area contributed by atoms with E-state index >= 15 is 0 Å². The van der Waals surface area contributed by atoms with E-state index in [4.69, 9.17) is 16.3 Å². The fourth-order valence-electron chi connectivity index (χ4n) is 2.62. The molecule has 3 rings (SSSR count). The highest BCUT2D eigenvalue weighted by atomic mass is 35.5. The monoisotopic (exact) mass is 346 g/mol. The largest absolute Gasteiger partial charge is 0.377 e. The van der Waals surface area contributed by atoms with Gasteiger partial charge in [-0.05, 0) is 12.3 Å². The number of methoxy groups -OCH3 is 1. The van der Waals surface area contributed by atoms with Gasteiger partial charge in [-0.1, -0.05) is 22.9 Å². The third-order valence-corrected chi connectivity index (χ3v) is 4.94. The summed E-state index contributed by atoms with van der Waals surface area (Å²) >= 11 is 7.70. The molecule has 1 fully saturated rings. The Morgan fingerprint density at radius 1 is 1.55 bits per heavy atom. The van der Waals surface area contributed by atoms with E-state index in [1.165, 1.54) is 11.3 Å². The Bertz CT molecular complexity index is 689. The third kappa shape index (κ3) is 2.95. The van der Waals surface area contributed by atoms with E-state index < -0.39 is 0 Å². The number of halogens is 2. The Balaban J connectivity index is 1.75. The van der Waals surface area contributed by atoms with Crippen LogP contribution in [0, 0.1) is 5.92 Å². The van der Waals surface area contributed by atoms with Crippen LogP contribution in [0.25, 0.3) is 4.96 Å². The maximum Gasteiger partial charge on any atom is 0.223 e.